The Balaban J connectivity index is 1.91. The first-order valence-electron chi connectivity index (χ1n) is 6.68. The Hall–Kier alpha value is -1.12. The van der Waals surface area contributed by atoms with Gasteiger partial charge in [-0.1, -0.05) is 19.8 Å². The van der Waals surface area contributed by atoms with E-state index < -0.39 is 0 Å². The zero-order valence-corrected chi connectivity index (χ0v) is 10.9. The number of aromatic nitrogens is 2. The third-order valence-corrected chi connectivity index (χ3v) is 3.56. The molecule has 94 valence electrons. The lowest BCUT2D eigenvalue weighted by atomic mass is 10.00. The van der Waals surface area contributed by atoms with E-state index in [0.717, 1.165) is 12.1 Å². The summed E-state index contributed by atoms with van der Waals surface area (Å²) in [5, 5.41) is 4.64. The zero-order chi connectivity index (χ0) is 12.3. The molecule has 1 aromatic heterocycles. The molecule has 0 aliphatic heterocycles. The number of hydrogen-bond acceptors (Lipinski definition) is 2. The summed E-state index contributed by atoms with van der Waals surface area (Å²) in [6.45, 7) is 3.78. The molecule has 1 saturated carbocycles. The summed E-state index contributed by atoms with van der Waals surface area (Å²) >= 11 is 0. The maximum atomic E-state index is 11.0. The minimum atomic E-state index is 0.271. The van der Waals surface area contributed by atoms with Gasteiger partial charge in [-0.05, 0) is 38.2 Å². The van der Waals surface area contributed by atoms with Crippen LogP contribution < -0.4 is 0 Å². The summed E-state index contributed by atoms with van der Waals surface area (Å²) in [6, 6.07) is 2.72. The van der Waals surface area contributed by atoms with E-state index in [4.69, 9.17) is 0 Å². The third-order valence-electron chi connectivity index (χ3n) is 3.56. The van der Waals surface area contributed by atoms with Crippen LogP contribution in [0.5, 0.6) is 0 Å². The first-order valence-corrected chi connectivity index (χ1v) is 6.68. The minimum Gasteiger partial charge on any atom is -0.300 e. The first kappa shape index (κ1) is 12.3. The van der Waals surface area contributed by atoms with Crippen molar-refractivity contribution in [1.29, 1.82) is 0 Å². The fraction of sp³-hybridized carbons (Fsp3) is 0.714. The number of carbonyl (C=O) groups is 1. The molecule has 0 radical (unpaired) electrons. The van der Waals surface area contributed by atoms with E-state index in [1.54, 1.807) is 6.92 Å². The van der Waals surface area contributed by atoms with Gasteiger partial charge in [0.25, 0.3) is 0 Å². The van der Waals surface area contributed by atoms with Gasteiger partial charge >= 0.3 is 0 Å². The Morgan fingerprint density at radius 1 is 1.53 bits per heavy atom. The second-order valence-electron chi connectivity index (χ2n) is 5.44. The van der Waals surface area contributed by atoms with Crippen LogP contribution in [-0.2, 0) is 11.2 Å². The molecule has 2 rings (SSSR count). The average Bonchev–Trinajstić information content (AvgIpc) is 2.84. The Bertz CT molecular complexity index is 377. The molecule has 17 heavy (non-hydrogen) atoms. The summed E-state index contributed by atoms with van der Waals surface area (Å²) in [7, 11) is 0. The number of nitrogens with zero attached hydrogens (tertiary/aromatic N) is 2. The molecule has 1 aliphatic rings. The smallest absolute Gasteiger partial charge is 0.130 e. The van der Waals surface area contributed by atoms with E-state index in [2.05, 4.69) is 29.0 Å². The SMILES string of the molecule is CC(=O)CC(C)Cc1ccn(C2CCCC2)n1. The van der Waals surface area contributed by atoms with Crippen LogP contribution in [0.15, 0.2) is 12.3 Å². The van der Waals surface area contributed by atoms with E-state index in [1.807, 2.05) is 0 Å². The molecule has 3 nitrogen and oxygen atoms in total. The van der Waals surface area contributed by atoms with Crippen molar-refractivity contribution in [2.45, 2.75) is 58.4 Å². The van der Waals surface area contributed by atoms with Gasteiger partial charge in [0.1, 0.15) is 5.78 Å². The molecule has 1 heterocycles. The van der Waals surface area contributed by atoms with Crippen LogP contribution in [0, 0.1) is 5.92 Å². The van der Waals surface area contributed by atoms with Crippen molar-refractivity contribution < 1.29 is 4.79 Å². The van der Waals surface area contributed by atoms with Crippen molar-refractivity contribution in [3.63, 3.8) is 0 Å². The second-order valence-corrected chi connectivity index (χ2v) is 5.44. The predicted molar refractivity (Wildman–Crippen MR) is 67.9 cm³/mol. The van der Waals surface area contributed by atoms with Crippen molar-refractivity contribution in [1.82, 2.24) is 9.78 Å². The highest BCUT2D eigenvalue weighted by molar-refractivity contribution is 5.75. The van der Waals surface area contributed by atoms with Crippen molar-refractivity contribution in [2.75, 3.05) is 0 Å². The summed E-state index contributed by atoms with van der Waals surface area (Å²) in [5.41, 5.74) is 1.13. The Kier molecular flexibility index (Phi) is 3.97. The molecule has 0 aromatic carbocycles. The summed E-state index contributed by atoms with van der Waals surface area (Å²) in [4.78, 5) is 11.0. The van der Waals surface area contributed by atoms with E-state index in [0.29, 0.717) is 18.4 Å². The van der Waals surface area contributed by atoms with Crippen LogP contribution in [0.4, 0.5) is 0 Å². The van der Waals surface area contributed by atoms with Crippen LogP contribution in [0.25, 0.3) is 0 Å². The van der Waals surface area contributed by atoms with Gasteiger partial charge in [-0.3, -0.25) is 4.68 Å². The zero-order valence-electron chi connectivity index (χ0n) is 10.9. The number of rotatable bonds is 5. The van der Waals surface area contributed by atoms with E-state index in [-0.39, 0.29) is 5.78 Å². The van der Waals surface area contributed by atoms with Gasteiger partial charge in [-0.25, -0.2) is 0 Å². The van der Waals surface area contributed by atoms with Crippen LogP contribution >= 0.6 is 0 Å². The van der Waals surface area contributed by atoms with Crippen LogP contribution in [0.3, 0.4) is 0 Å². The van der Waals surface area contributed by atoms with Crippen molar-refractivity contribution in [3.8, 4) is 0 Å². The van der Waals surface area contributed by atoms with Crippen molar-refractivity contribution >= 4 is 5.78 Å². The molecule has 3 heteroatoms. The number of hydrogen-bond donors (Lipinski definition) is 0. The molecule has 0 saturated heterocycles. The molecule has 1 fully saturated rings. The summed E-state index contributed by atoms with van der Waals surface area (Å²) in [6.07, 6.45) is 8.89. The van der Waals surface area contributed by atoms with Crippen LogP contribution in [0.2, 0.25) is 0 Å². The third kappa shape index (κ3) is 3.42. The maximum Gasteiger partial charge on any atom is 0.130 e. The van der Waals surface area contributed by atoms with E-state index >= 15 is 0 Å². The van der Waals surface area contributed by atoms with Gasteiger partial charge in [-0.2, -0.15) is 5.10 Å². The quantitative estimate of drug-likeness (QED) is 0.784. The van der Waals surface area contributed by atoms with E-state index in [9.17, 15) is 4.79 Å². The molecule has 0 bridgehead atoms. The maximum absolute atomic E-state index is 11.0. The molecular weight excluding hydrogens is 212 g/mol. The van der Waals surface area contributed by atoms with Gasteiger partial charge in [0.15, 0.2) is 0 Å². The lowest BCUT2D eigenvalue weighted by molar-refractivity contribution is -0.117. The first-order chi connectivity index (χ1) is 8.15. The topological polar surface area (TPSA) is 34.9 Å². The molecule has 1 unspecified atom stereocenters. The Morgan fingerprint density at radius 2 is 2.24 bits per heavy atom. The molecular formula is C14H22N2O. The molecule has 1 atom stereocenters. The molecule has 0 N–H and O–H groups in total. The molecule has 0 amide bonds. The lowest BCUT2D eigenvalue weighted by Crippen LogP contribution is -2.08. The standard InChI is InChI=1S/C14H22N2O/c1-11(9-12(2)17)10-13-7-8-16(15-13)14-5-3-4-6-14/h7-8,11,14H,3-6,9-10H2,1-2H3. The highest BCUT2D eigenvalue weighted by Gasteiger charge is 2.18. The number of Topliss-reactive ketones (excluding diaryl/α,β-unsaturated/α-hetero) is 1. The monoisotopic (exact) mass is 234 g/mol. The Labute approximate surface area is 103 Å². The van der Waals surface area contributed by atoms with Gasteiger partial charge in [0, 0.05) is 12.6 Å². The number of carbonyl (C=O) groups excluding carboxylic acids is 1. The van der Waals surface area contributed by atoms with Crippen molar-refractivity contribution in [3.05, 3.63) is 18.0 Å². The molecule has 0 spiro atoms. The summed E-state index contributed by atoms with van der Waals surface area (Å²) in [5.74, 6) is 0.673. The average molecular weight is 234 g/mol. The van der Waals surface area contributed by atoms with Crippen molar-refractivity contribution in [2.24, 2.45) is 5.92 Å². The normalized spacial score (nSPS) is 18.5. The lowest BCUT2D eigenvalue weighted by Gasteiger charge is -2.10. The number of ketones is 1. The second kappa shape index (κ2) is 5.48. The van der Waals surface area contributed by atoms with Crippen LogP contribution in [0.1, 0.15) is 57.7 Å². The Morgan fingerprint density at radius 3 is 2.88 bits per heavy atom. The van der Waals surface area contributed by atoms with Gasteiger partial charge in [0.2, 0.25) is 0 Å². The predicted octanol–water partition coefficient (Wildman–Crippen LogP) is 3.16. The summed E-state index contributed by atoms with van der Waals surface area (Å²) < 4.78 is 2.13. The highest BCUT2D eigenvalue weighted by Crippen LogP contribution is 2.28. The molecule has 1 aromatic rings. The fourth-order valence-corrected chi connectivity index (χ4v) is 2.78. The minimum absolute atomic E-state index is 0.271. The van der Waals surface area contributed by atoms with Gasteiger partial charge in [-0.15, -0.1) is 0 Å². The molecule has 1 aliphatic carbocycles. The van der Waals surface area contributed by atoms with Crippen LogP contribution in [-0.4, -0.2) is 15.6 Å². The fourth-order valence-electron chi connectivity index (χ4n) is 2.78. The largest absolute Gasteiger partial charge is 0.300 e. The highest BCUT2D eigenvalue weighted by atomic mass is 16.1. The van der Waals surface area contributed by atoms with Gasteiger partial charge < -0.3 is 4.79 Å². The van der Waals surface area contributed by atoms with E-state index in [1.165, 1.54) is 25.7 Å². The van der Waals surface area contributed by atoms with Gasteiger partial charge in [0.05, 0.1) is 11.7 Å².